The average Bonchev–Trinajstić information content (AvgIpc) is 3.41. The predicted octanol–water partition coefficient (Wildman–Crippen LogP) is 6.05. The summed E-state index contributed by atoms with van der Waals surface area (Å²) in [5.74, 6) is 0.772. The summed E-state index contributed by atoms with van der Waals surface area (Å²) >= 11 is 0. The molecule has 0 saturated carbocycles. The number of hydrogen-bond acceptors (Lipinski definition) is 3. The summed E-state index contributed by atoms with van der Waals surface area (Å²) in [6.07, 6.45) is 5.39. The fraction of sp³-hybridized carbons (Fsp3) is 0.250. The maximum absolute atomic E-state index is 13.1. The standard InChI is InChI=1S/C28H29N5O/c1-4-14-32-23-12-11-21(17-24(23)33(15-5-2)28(32)34)26-25(20-9-6-8-19(3)16-20)30-27(31-26)22-10-7-13-29-18-22/h6-13,16-18H,4-5,14-15H2,1-3H3,(H,30,31). The third-order valence-corrected chi connectivity index (χ3v) is 6.13. The summed E-state index contributed by atoms with van der Waals surface area (Å²) in [6, 6.07) is 18.6. The molecule has 0 amide bonds. The Balaban J connectivity index is 1.74. The number of nitrogens with one attached hydrogen (secondary N) is 1. The van der Waals surface area contributed by atoms with E-state index in [2.05, 4.69) is 73.2 Å². The molecule has 172 valence electrons. The molecular formula is C28H29N5O. The minimum Gasteiger partial charge on any atom is -0.337 e. The maximum Gasteiger partial charge on any atom is 0.329 e. The number of imidazole rings is 2. The van der Waals surface area contributed by atoms with Crippen LogP contribution in [0.15, 0.2) is 71.8 Å². The predicted molar refractivity (Wildman–Crippen MR) is 138 cm³/mol. The summed E-state index contributed by atoms with van der Waals surface area (Å²) in [5.41, 5.74) is 8.00. The zero-order valence-electron chi connectivity index (χ0n) is 19.9. The van der Waals surface area contributed by atoms with Crippen molar-refractivity contribution < 1.29 is 0 Å². The lowest BCUT2D eigenvalue weighted by molar-refractivity contribution is 0.607. The summed E-state index contributed by atoms with van der Waals surface area (Å²) in [6.45, 7) is 7.70. The number of fused-ring (bicyclic) bond motifs is 1. The van der Waals surface area contributed by atoms with Crippen LogP contribution < -0.4 is 5.69 Å². The van der Waals surface area contributed by atoms with Gasteiger partial charge >= 0.3 is 5.69 Å². The normalized spacial score (nSPS) is 11.4. The molecule has 0 spiro atoms. The molecule has 0 aliphatic rings. The van der Waals surface area contributed by atoms with E-state index in [4.69, 9.17) is 4.98 Å². The van der Waals surface area contributed by atoms with Crippen LogP contribution >= 0.6 is 0 Å². The zero-order valence-corrected chi connectivity index (χ0v) is 19.9. The lowest BCUT2D eigenvalue weighted by Crippen LogP contribution is -2.24. The van der Waals surface area contributed by atoms with Crippen molar-refractivity contribution in [2.75, 3.05) is 0 Å². The summed E-state index contributed by atoms with van der Waals surface area (Å²) in [7, 11) is 0. The van der Waals surface area contributed by atoms with E-state index in [1.165, 1.54) is 5.56 Å². The second kappa shape index (κ2) is 9.14. The molecule has 0 atom stereocenters. The first kappa shape index (κ1) is 21.9. The first-order chi connectivity index (χ1) is 16.6. The van der Waals surface area contributed by atoms with E-state index in [1.807, 2.05) is 27.5 Å². The Labute approximate surface area is 198 Å². The van der Waals surface area contributed by atoms with E-state index in [0.717, 1.165) is 64.3 Å². The van der Waals surface area contributed by atoms with E-state index in [9.17, 15) is 4.79 Å². The van der Waals surface area contributed by atoms with Gasteiger partial charge in [-0.15, -0.1) is 0 Å². The fourth-order valence-corrected chi connectivity index (χ4v) is 4.58. The van der Waals surface area contributed by atoms with Crippen molar-refractivity contribution in [3.8, 4) is 33.9 Å². The number of aryl methyl sites for hydroxylation is 3. The fourth-order valence-electron chi connectivity index (χ4n) is 4.58. The van der Waals surface area contributed by atoms with Crippen LogP contribution in [0.2, 0.25) is 0 Å². The van der Waals surface area contributed by atoms with Gasteiger partial charge in [-0.2, -0.15) is 0 Å². The van der Waals surface area contributed by atoms with Crippen molar-refractivity contribution >= 4 is 11.0 Å². The molecule has 0 fully saturated rings. The molecule has 3 aromatic heterocycles. The Kier molecular flexibility index (Phi) is 5.88. The van der Waals surface area contributed by atoms with Gasteiger partial charge in [0.25, 0.3) is 0 Å². The highest BCUT2D eigenvalue weighted by Crippen LogP contribution is 2.34. The number of nitrogens with zero attached hydrogens (tertiary/aromatic N) is 4. The van der Waals surface area contributed by atoms with Crippen molar-refractivity contribution in [1.82, 2.24) is 24.1 Å². The molecule has 0 aliphatic heterocycles. The van der Waals surface area contributed by atoms with Gasteiger partial charge in [-0.3, -0.25) is 14.1 Å². The molecular weight excluding hydrogens is 422 g/mol. The van der Waals surface area contributed by atoms with Gasteiger partial charge in [0, 0.05) is 42.2 Å². The highest BCUT2D eigenvalue weighted by Gasteiger charge is 2.18. The van der Waals surface area contributed by atoms with Crippen molar-refractivity contribution in [3.63, 3.8) is 0 Å². The zero-order chi connectivity index (χ0) is 23.7. The Bertz CT molecular complexity index is 1510. The maximum atomic E-state index is 13.1. The molecule has 0 saturated heterocycles. The van der Waals surface area contributed by atoms with Crippen LogP contribution in [0.1, 0.15) is 32.3 Å². The van der Waals surface area contributed by atoms with Crippen molar-refractivity contribution in [1.29, 1.82) is 0 Å². The van der Waals surface area contributed by atoms with Gasteiger partial charge < -0.3 is 4.98 Å². The number of hydrogen-bond donors (Lipinski definition) is 1. The molecule has 6 nitrogen and oxygen atoms in total. The van der Waals surface area contributed by atoms with Gasteiger partial charge in [0.05, 0.1) is 22.4 Å². The third kappa shape index (κ3) is 3.85. The van der Waals surface area contributed by atoms with E-state index >= 15 is 0 Å². The first-order valence-electron chi connectivity index (χ1n) is 11.9. The topological polar surface area (TPSA) is 68.5 Å². The minimum absolute atomic E-state index is 0.0652. The molecule has 34 heavy (non-hydrogen) atoms. The highest BCUT2D eigenvalue weighted by molar-refractivity contribution is 5.87. The van der Waals surface area contributed by atoms with Crippen LogP contribution in [0.4, 0.5) is 0 Å². The number of H-pyrrole nitrogens is 1. The molecule has 2 aromatic carbocycles. The molecule has 3 heterocycles. The molecule has 0 aliphatic carbocycles. The van der Waals surface area contributed by atoms with Crippen LogP contribution in [0, 0.1) is 6.92 Å². The number of rotatable bonds is 7. The molecule has 5 aromatic rings. The Morgan fingerprint density at radius 2 is 1.62 bits per heavy atom. The van der Waals surface area contributed by atoms with Crippen molar-refractivity contribution in [3.05, 3.63) is 83.0 Å². The van der Waals surface area contributed by atoms with Gasteiger partial charge in [-0.05, 0) is 50.1 Å². The molecule has 0 radical (unpaired) electrons. The number of aromatic amines is 1. The Hall–Kier alpha value is -3.93. The van der Waals surface area contributed by atoms with Crippen molar-refractivity contribution in [2.24, 2.45) is 0 Å². The average molecular weight is 452 g/mol. The lowest BCUT2D eigenvalue weighted by Gasteiger charge is -2.06. The number of benzene rings is 2. The highest BCUT2D eigenvalue weighted by atomic mass is 16.1. The summed E-state index contributed by atoms with van der Waals surface area (Å²) in [4.78, 5) is 25.9. The monoisotopic (exact) mass is 451 g/mol. The Morgan fingerprint density at radius 1 is 0.853 bits per heavy atom. The second-order valence-electron chi connectivity index (χ2n) is 8.71. The quantitative estimate of drug-likeness (QED) is 0.327. The van der Waals surface area contributed by atoms with Gasteiger partial charge in [-0.1, -0.05) is 43.7 Å². The first-order valence-corrected chi connectivity index (χ1v) is 11.9. The van der Waals surface area contributed by atoms with Crippen LogP contribution in [0.5, 0.6) is 0 Å². The van der Waals surface area contributed by atoms with E-state index in [1.54, 1.807) is 6.20 Å². The van der Waals surface area contributed by atoms with Crippen LogP contribution in [0.25, 0.3) is 44.9 Å². The SMILES string of the molecule is CCCn1c(=O)n(CCC)c2cc(-c3[nH]c(-c4cccnc4)nc3-c3cccc(C)c3)ccc21. The summed E-state index contributed by atoms with van der Waals surface area (Å²) < 4.78 is 3.80. The Morgan fingerprint density at radius 3 is 2.32 bits per heavy atom. The van der Waals surface area contributed by atoms with Gasteiger partial charge in [0.1, 0.15) is 5.82 Å². The van der Waals surface area contributed by atoms with E-state index < -0.39 is 0 Å². The van der Waals surface area contributed by atoms with Crippen molar-refractivity contribution in [2.45, 2.75) is 46.7 Å². The van der Waals surface area contributed by atoms with E-state index in [0.29, 0.717) is 6.54 Å². The van der Waals surface area contributed by atoms with Gasteiger partial charge in [-0.25, -0.2) is 9.78 Å². The molecule has 6 heteroatoms. The molecule has 5 rings (SSSR count). The van der Waals surface area contributed by atoms with Crippen LogP contribution in [-0.2, 0) is 13.1 Å². The third-order valence-electron chi connectivity index (χ3n) is 6.13. The minimum atomic E-state index is 0.0652. The molecule has 0 unspecified atom stereocenters. The van der Waals surface area contributed by atoms with Gasteiger partial charge in [0.2, 0.25) is 0 Å². The second-order valence-corrected chi connectivity index (χ2v) is 8.71. The smallest absolute Gasteiger partial charge is 0.329 e. The summed E-state index contributed by atoms with van der Waals surface area (Å²) in [5, 5.41) is 0. The molecule has 1 N–H and O–H groups in total. The van der Waals surface area contributed by atoms with Crippen LogP contribution in [-0.4, -0.2) is 24.1 Å². The molecule has 0 bridgehead atoms. The van der Waals surface area contributed by atoms with E-state index in [-0.39, 0.29) is 5.69 Å². The number of aromatic nitrogens is 5. The lowest BCUT2D eigenvalue weighted by atomic mass is 10.0. The van der Waals surface area contributed by atoms with Crippen LogP contribution in [0.3, 0.4) is 0 Å². The number of pyridine rings is 1. The largest absolute Gasteiger partial charge is 0.337 e. The van der Waals surface area contributed by atoms with Gasteiger partial charge in [0.15, 0.2) is 0 Å².